The van der Waals surface area contributed by atoms with E-state index in [1.54, 1.807) is 6.20 Å². The number of aliphatic hydroxyl groups is 1. The molecule has 0 amide bonds. The predicted molar refractivity (Wildman–Crippen MR) is 74.2 cm³/mol. The van der Waals surface area contributed by atoms with Crippen LogP contribution in [0.5, 0.6) is 0 Å². The Morgan fingerprint density at radius 2 is 2.24 bits per heavy atom. The topological polar surface area (TPSA) is 45.1 Å². The molecular weight excluding hydrogens is 280 g/mol. The highest BCUT2D eigenvalue weighted by Gasteiger charge is 2.07. The van der Waals surface area contributed by atoms with Crippen molar-refractivity contribution in [2.24, 2.45) is 0 Å². The van der Waals surface area contributed by atoms with E-state index in [-0.39, 0.29) is 12.6 Å². The Kier molecular flexibility index (Phi) is 3.97. The van der Waals surface area contributed by atoms with Gasteiger partial charge in [0.2, 0.25) is 0 Å². The molecule has 0 saturated carbocycles. The lowest BCUT2D eigenvalue weighted by Gasteiger charge is -2.16. The number of hydrogen-bond donors (Lipinski definition) is 2. The van der Waals surface area contributed by atoms with Gasteiger partial charge < -0.3 is 10.4 Å². The number of benzene rings is 1. The SMILES string of the molecule is CCC(CO)Nc1ccnc2cc(Br)ccc12. The number of nitrogens with zero attached hydrogens (tertiary/aromatic N) is 1. The zero-order valence-electron chi connectivity index (χ0n) is 9.65. The summed E-state index contributed by atoms with van der Waals surface area (Å²) in [7, 11) is 0. The van der Waals surface area contributed by atoms with Crippen molar-refractivity contribution in [3.05, 3.63) is 34.9 Å². The van der Waals surface area contributed by atoms with Crippen molar-refractivity contribution in [3.63, 3.8) is 0 Å². The van der Waals surface area contributed by atoms with E-state index in [9.17, 15) is 5.11 Å². The number of rotatable bonds is 4. The van der Waals surface area contributed by atoms with E-state index in [1.165, 1.54) is 0 Å². The highest BCUT2D eigenvalue weighted by molar-refractivity contribution is 9.10. The van der Waals surface area contributed by atoms with Crippen LogP contribution in [0, 0.1) is 0 Å². The largest absolute Gasteiger partial charge is 0.394 e. The maximum Gasteiger partial charge on any atom is 0.0733 e. The third-order valence-corrected chi connectivity index (χ3v) is 3.27. The van der Waals surface area contributed by atoms with Gasteiger partial charge in [-0.3, -0.25) is 4.98 Å². The van der Waals surface area contributed by atoms with Crippen molar-refractivity contribution in [1.82, 2.24) is 4.98 Å². The first kappa shape index (κ1) is 12.3. The first-order valence-corrected chi connectivity index (χ1v) is 6.45. The van der Waals surface area contributed by atoms with Crippen molar-refractivity contribution in [1.29, 1.82) is 0 Å². The average Bonchev–Trinajstić information content (AvgIpc) is 2.35. The summed E-state index contributed by atoms with van der Waals surface area (Å²) in [6.07, 6.45) is 2.66. The van der Waals surface area contributed by atoms with Crippen LogP contribution in [0.1, 0.15) is 13.3 Å². The van der Waals surface area contributed by atoms with Crippen molar-refractivity contribution in [2.75, 3.05) is 11.9 Å². The quantitative estimate of drug-likeness (QED) is 0.910. The smallest absolute Gasteiger partial charge is 0.0733 e. The monoisotopic (exact) mass is 294 g/mol. The molecule has 0 spiro atoms. The number of aromatic nitrogens is 1. The fraction of sp³-hybridized carbons (Fsp3) is 0.308. The zero-order chi connectivity index (χ0) is 12.3. The number of fused-ring (bicyclic) bond motifs is 1. The maximum absolute atomic E-state index is 9.22. The molecule has 0 radical (unpaired) electrons. The molecule has 90 valence electrons. The molecule has 2 rings (SSSR count). The van der Waals surface area contributed by atoms with Crippen molar-refractivity contribution in [2.45, 2.75) is 19.4 Å². The minimum Gasteiger partial charge on any atom is -0.394 e. The summed E-state index contributed by atoms with van der Waals surface area (Å²) < 4.78 is 1.02. The summed E-state index contributed by atoms with van der Waals surface area (Å²) in [6.45, 7) is 2.19. The molecule has 3 nitrogen and oxygen atoms in total. The van der Waals surface area contributed by atoms with E-state index in [2.05, 4.69) is 26.2 Å². The van der Waals surface area contributed by atoms with Gasteiger partial charge in [0.05, 0.1) is 12.1 Å². The van der Waals surface area contributed by atoms with E-state index in [0.717, 1.165) is 27.5 Å². The Morgan fingerprint density at radius 1 is 1.41 bits per heavy atom. The first-order valence-electron chi connectivity index (χ1n) is 5.66. The second-order valence-electron chi connectivity index (χ2n) is 3.95. The Morgan fingerprint density at radius 3 is 2.94 bits per heavy atom. The summed E-state index contributed by atoms with van der Waals surface area (Å²) in [6, 6.07) is 8.03. The molecule has 0 saturated heterocycles. The molecule has 1 unspecified atom stereocenters. The number of aliphatic hydroxyl groups excluding tert-OH is 1. The molecule has 0 bridgehead atoms. The summed E-state index contributed by atoms with van der Waals surface area (Å²) in [4.78, 5) is 4.33. The molecule has 1 aromatic heterocycles. The Bertz CT molecular complexity index is 512. The number of nitrogens with one attached hydrogen (secondary N) is 1. The highest BCUT2D eigenvalue weighted by Crippen LogP contribution is 2.25. The van der Waals surface area contributed by atoms with Crippen molar-refractivity contribution >= 4 is 32.5 Å². The van der Waals surface area contributed by atoms with Gasteiger partial charge in [0.15, 0.2) is 0 Å². The van der Waals surface area contributed by atoms with E-state index in [1.807, 2.05) is 31.2 Å². The third-order valence-electron chi connectivity index (χ3n) is 2.78. The molecule has 0 aliphatic rings. The molecule has 1 aromatic carbocycles. The molecular formula is C13H15BrN2O. The van der Waals surface area contributed by atoms with Crippen LogP contribution in [0.15, 0.2) is 34.9 Å². The van der Waals surface area contributed by atoms with Crippen LogP contribution in [0.2, 0.25) is 0 Å². The lowest BCUT2D eigenvalue weighted by molar-refractivity contribution is 0.272. The predicted octanol–water partition coefficient (Wildman–Crippen LogP) is 3.18. The second kappa shape index (κ2) is 5.47. The van der Waals surface area contributed by atoms with Crippen LogP contribution in [0.4, 0.5) is 5.69 Å². The maximum atomic E-state index is 9.22. The lowest BCUT2D eigenvalue weighted by Crippen LogP contribution is -2.22. The van der Waals surface area contributed by atoms with Crippen LogP contribution in [-0.2, 0) is 0 Å². The summed E-state index contributed by atoms with van der Waals surface area (Å²) >= 11 is 3.43. The van der Waals surface area contributed by atoms with Crippen molar-refractivity contribution in [3.8, 4) is 0 Å². The van der Waals surface area contributed by atoms with Gasteiger partial charge >= 0.3 is 0 Å². The summed E-state index contributed by atoms with van der Waals surface area (Å²) in [5, 5.41) is 13.6. The lowest BCUT2D eigenvalue weighted by atomic mass is 10.1. The van der Waals surface area contributed by atoms with Gasteiger partial charge in [-0.1, -0.05) is 22.9 Å². The number of hydrogen-bond acceptors (Lipinski definition) is 3. The normalized spacial score (nSPS) is 12.6. The molecule has 0 fully saturated rings. The molecule has 1 heterocycles. The summed E-state index contributed by atoms with van der Waals surface area (Å²) in [5.41, 5.74) is 1.96. The number of pyridine rings is 1. The molecule has 1 atom stereocenters. The van der Waals surface area contributed by atoms with Gasteiger partial charge in [0, 0.05) is 27.8 Å². The van der Waals surface area contributed by atoms with E-state index in [0.29, 0.717) is 0 Å². The minimum atomic E-state index is 0.0873. The minimum absolute atomic E-state index is 0.0873. The van der Waals surface area contributed by atoms with E-state index < -0.39 is 0 Å². The molecule has 0 aliphatic carbocycles. The van der Waals surface area contributed by atoms with Gasteiger partial charge in [0.1, 0.15) is 0 Å². The molecule has 2 N–H and O–H groups in total. The van der Waals surface area contributed by atoms with Crippen LogP contribution in [-0.4, -0.2) is 22.7 Å². The van der Waals surface area contributed by atoms with Crippen molar-refractivity contribution < 1.29 is 5.11 Å². The molecule has 2 aromatic rings. The Balaban J connectivity index is 2.40. The number of anilines is 1. The molecule has 4 heteroatoms. The standard InChI is InChI=1S/C13H15BrN2O/c1-2-10(8-17)16-12-5-6-15-13-7-9(14)3-4-11(12)13/h3-7,10,17H,2,8H2,1H3,(H,15,16). The molecule has 0 aliphatic heterocycles. The Labute approximate surface area is 109 Å². The van der Waals surface area contributed by atoms with Crippen LogP contribution in [0.25, 0.3) is 10.9 Å². The first-order chi connectivity index (χ1) is 8.24. The van der Waals surface area contributed by atoms with Crippen LogP contribution < -0.4 is 5.32 Å². The molecule has 17 heavy (non-hydrogen) atoms. The highest BCUT2D eigenvalue weighted by atomic mass is 79.9. The third kappa shape index (κ3) is 2.76. The average molecular weight is 295 g/mol. The van der Waals surface area contributed by atoms with Gasteiger partial charge in [-0.15, -0.1) is 0 Å². The van der Waals surface area contributed by atoms with Gasteiger partial charge in [-0.2, -0.15) is 0 Å². The van der Waals surface area contributed by atoms with Crippen LogP contribution >= 0.6 is 15.9 Å². The van der Waals surface area contributed by atoms with E-state index >= 15 is 0 Å². The van der Waals surface area contributed by atoms with Crippen LogP contribution in [0.3, 0.4) is 0 Å². The fourth-order valence-corrected chi connectivity index (χ4v) is 2.09. The summed E-state index contributed by atoms with van der Waals surface area (Å²) in [5.74, 6) is 0. The van der Waals surface area contributed by atoms with E-state index in [4.69, 9.17) is 0 Å². The van der Waals surface area contributed by atoms with Gasteiger partial charge in [-0.25, -0.2) is 0 Å². The fourth-order valence-electron chi connectivity index (χ4n) is 1.74. The van der Waals surface area contributed by atoms with Gasteiger partial charge in [-0.05, 0) is 30.7 Å². The second-order valence-corrected chi connectivity index (χ2v) is 4.87. The number of halogens is 1. The van der Waals surface area contributed by atoms with Gasteiger partial charge in [0.25, 0.3) is 0 Å². The zero-order valence-corrected chi connectivity index (χ0v) is 11.2. The Hall–Kier alpha value is -1.13.